The second-order valence-electron chi connectivity index (χ2n) is 11.9. The van der Waals surface area contributed by atoms with Crippen molar-refractivity contribution < 1.29 is 18.6 Å². The maximum Gasteiger partial charge on any atom is 0.145 e. The molecule has 8 nitrogen and oxygen atoms in total. The van der Waals surface area contributed by atoms with Gasteiger partial charge in [0.25, 0.3) is 0 Å². The fourth-order valence-corrected chi connectivity index (χ4v) is 5.98. The molecule has 1 N–H and O–H groups in total. The van der Waals surface area contributed by atoms with Gasteiger partial charge in [-0.3, -0.25) is 0 Å². The third kappa shape index (κ3) is 7.70. The quantitative estimate of drug-likeness (QED) is 0.205. The normalized spacial score (nSPS) is 17.1. The number of nitrogens with zero attached hydrogens (tertiary/aromatic N) is 4. The van der Waals surface area contributed by atoms with E-state index in [0.717, 1.165) is 79.8 Å². The van der Waals surface area contributed by atoms with Gasteiger partial charge in [0.2, 0.25) is 0 Å². The van der Waals surface area contributed by atoms with Crippen molar-refractivity contribution in [2.45, 2.75) is 38.4 Å². The lowest BCUT2D eigenvalue weighted by molar-refractivity contribution is 0.115. The predicted molar refractivity (Wildman–Crippen MR) is 172 cm³/mol. The number of hydrogen-bond acceptors (Lipinski definition) is 8. The summed E-state index contributed by atoms with van der Waals surface area (Å²) in [6.07, 6.45) is 5.80. The Morgan fingerprint density at radius 2 is 1.66 bits per heavy atom. The Morgan fingerprint density at radius 1 is 0.886 bits per heavy atom. The van der Waals surface area contributed by atoms with Crippen molar-refractivity contribution in [3.05, 3.63) is 77.3 Å². The molecule has 0 amide bonds. The van der Waals surface area contributed by atoms with E-state index < -0.39 is 0 Å². The number of rotatable bonds is 10. The van der Waals surface area contributed by atoms with Crippen molar-refractivity contribution in [2.75, 3.05) is 52.2 Å². The Balaban J connectivity index is 1.23. The van der Waals surface area contributed by atoms with Crippen LogP contribution in [0.2, 0.25) is 5.02 Å². The number of benzene rings is 3. The zero-order valence-corrected chi connectivity index (χ0v) is 26.0. The lowest BCUT2D eigenvalue weighted by atomic mass is 9.98. The van der Waals surface area contributed by atoms with Crippen molar-refractivity contribution in [3.63, 3.8) is 0 Å². The first kappa shape index (κ1) is 30.4. The van der Waals surface area contributed by atoms with Gasteiger partial charge in [0.15, 0.2) is 0 Å². The van der Waals surface area contributed by atoms with Crippen molar-refractivity contribution in [3.8, 4) is 17.2 Å². The predicted octanol–water partition coefficient (Wildman–Crippen LogP) is 6.94. The maximum absolute atomic E-state index is 13.5. The molecule has 0 aliphatic carbocycles. The number of anilines is 2. The van der Waals surface area contributed by atoms with E-state index in [4.69, 9.17) is 25.8 Å². The molecule has 44 heavy (non-hydrogen) atoms. The fourth-order valence-electron chi connectivity index (χ4n) is 5.75. The van der Waals surface area contributed by atoms with Crippen LogP contribution in [-0.2, 0) is 6.61 Å². The molecule has 0 bridgehead atoms. The lowest BCUT2D eigenvalue weighted by Crippen LogP contribution is -2.35. The molecule has 10 heteroatoms. The number of aromatic nitrogens is 2. The van der Waals surface area contributed by atoms with Gasteiger partial charge in [0, 0.05) is 30.9 Å². The van der Waals surface area contributed by atoms with Gasteiger partial charge in [0.1, 0.15) is 47.9 Å². The number of piperidine rings is 2. The summed E-state index contributed by atoms with van der Waals surface area (Å²) in [6, 6.07) is 15.7. The van der Waals surface area contributed by atoms with Crippen LogP contribution in [0, 0.1) is 11.7 Å². The first-order valence-corrected chi connectivity index (χ1v) is 15.7. The van der Waals surface area contributed by atoms with E-state index in [0.29, 0.717) is 34.9 Å². The van der Waals surface area contributed by atoms with Crippen LogP contribution in [0.15, 0.2) is 60.9 Å². The van der Waals surface area contributed by atoms with Crippen LogP contribution in [0.25, 0.3) is 10.9 Å². The SMILES string of the molecule is CN1CCC(COc2cc(OC3CCN(C)CC3)c3c(Nc4ccc(OCc5cccc(F)c5)c(Cl)c4)ncnc3c2)CC1. The Kier molecular flexibility index (Phi) is 9.64. The molecule has 6 rings (SSSR count). The smallest absolute Gasteiger partial charge is 0.145 e. The highest BCUT2D eigenvalue weighted by atomic mass is 35.5. The Bertz CT molecular complexity index is 1570. The van der Waals surface area contributed by atoms with Crippen LogP contribution in [0.5, 0.6) is 17.2 Å². The maximum atomic E-state index is 13.5. The molecule has 0 saturated carbocycles. The van der Waals surface area contributed by atoms with E-state index in [1.807, 2.05) is 24.3 Å². The summed E-state index contributed by atoms with van der Waals surface area (Å²) >= 11 is 6.59. The van der Waals surface area contributed by atoms with Gasteiger partial charge in [-0.15, -0.1) is 0 Å². The van der Waals surface area contributed by atoms with E-state index in [1.54, 1.807) is 24.5 Å². The summed E-state index contributed by atoms with van der Waals surface area (Å²) < 4.78 is 32.4. The zero-order chi connectivity index (χ0) is 30.5. The molecule has 2 fully saturated rings. The highest BCUT2D eigenvalue weighted by Gasteiger charge is 2.22. The molecule has 2 aliphatic heterocycles. The minimum absolute atomic E-state index is 0.0931. The zero-order valence-electron chi connectivity index (χ0n) is 25.3. The lowest BCUT2D eigenvalue weighted by Gasteiger charge is -2.30. The summed E-state index contributed by atoms with van der Waals surface area (Å²) in [5.74, 6) is 2.82. The number of halogens is 2. The number of nitrogens with one attached hydrogen (secondary N) is 1. The van der Waals surface area contributed by atoms with Crippen LogP contribution in [0.4, 0.5) is 15.9 Å². The molecule has 232 valence electrons. The molecule has 4 aromatic rings. The standard InChI is InChI=1S/C34H39ClFN5O3/c1-40-12-8-23(9-13-40)20-42-28-18-30-33(32(19-28)44-27-10-14-41(2)15-11-27)34(38-22-37-30)39-26-6-7-31(29(35)17-26)43-21-24-4-3-5-25(36)16-24/h3-7,16-19,22-23,27H,8-15,20-21H2,1-2H3,(H,37,38,39). The molecular formula is C34H39ClFN5O3. The van der Waals surface area contributed by atoms with Crippen molar-refractivity contribution in [1.29, 1.82) is 0 Å². The number of likely N-dealkylation sites (tertiary alicyclic amines) is 2. The van der Waals surface area contributed by atoms with Gasteiger partial charge < -0.3 is 29.3 Å². The average Bonchev–Trinajstić information content (AvgIpc) is 3.01. The molecule has 3 aromatic carbocycles. The van der Waals surface area contributed by atoms with Crippen molar-refractivity contribution in [2.24, 2.45) is 5.92 Å². The third-order valence-electron chi connectivity index (χ3n) is 8.44. The molecule has 1 aromatic heterocycles. The second-order valence-corrected chi connectivity index (χ2v) is 12.3. The van der Waals surface area contributed by atoms with Crippen LogP contribution in [0.1, 0.15) is 31.2 Å². The van der Waals surface area contributed by atoms with Gasteiger partial charge in [-0.1, -0.05) is 23.7 Å². The first-order chi connectivity index (χ1) is 21.4. The molecule has 2 aliphatic rings. The molecule has 2 saturated heterocycles. The van der Waals surface area contributed by atoms with Gasteiger partial charge in [0.05, 0.1) is 22.5 Å². The van der Waals surface area contributed by atoms with E-state index in [-0.39, 0.29) is 18.5 Å². The Hall–Kier alpha value is -3.66. The monoisotopic (exact) mass is 619 g/mol. The third-order valence-corrected chi connectivity index (χ3v) is 8.73. The summed E-state index contributed by atoms with van der Waals surface area (Å²) in [7, 11) is 4.31. The highest BCUT2D eigenvalue weighted by Crippen LogP contribution is 2.38. The van der Waals surface area contributed by atoms with E-state index >= 15 is 0 Å². The van der Waals surface area contributed by atoms with E-state index in [1.165, 1.54) is 12.1 Å². The summed E-state index contributed by atoms with van der Waals surface area (Å²) in [5.41, 5.74) is 2.20. The molecule has 0 radical (unpaired) electrons. The highest BCUT2D eigenvalue weighted by molar-refractivity contribution is 6.32. The van der Waals surface area contributed by atoms with Crippen molar-refractivity contribution in [1.82, 2.24) is 19.8 Å². The topological polar surface area (TPSA) is 72.0 Å². The summed E-state index contributed by atoms with van der Waals surface area (Å²) in [6.45, 7) is 5.06. The fraction of sp³-hybridized carbons (Fsp3) is 0.412. The average molecular weight is 620 g/mol. The Morgan fingerprint density at radius 3 is 2.41 bits per heavy atom. The van der Waals surface area contributed by atoms with Crippen LogP contribution >= 0.6 is 11.6 Å². The van der Waals surface area contributed by atoms with E-state index in [2.05, 4.69) is 39.2 Å². The van der Waals surface area contributed by atoms with Gasteiger partial charge >= 0.3 is 0 Å². The van der Waals surface area contributed by atoms with Crippen LogP contribution in [0.3, 0.4) is 0 Å². The molecular weight excluding hydrogens is 581 g/mol. The van der Waals surface area contributed by atoms with E-state index in [9.17, 15) is 4.39 Å². The number of ether oxygens (including phenoxy) is 3. The number of hydrogen-bond donors (Lipinski definition) is 1. The van der Waals surface area contributed by atoms with Crippen molar-refractivity contribution >= 4 is 34.0 Å². The molecule has 0 unspecified atom stereocenters. The van der Waals surface area contributed by atoms with Gasteiger partial charge in [-0.2, -0.15) is 0 Å². The second kappa shape index (κ2) is 14.0. The van der Waals surface area contributed by atoms with Gasteiger partial charge in [-0.25, -0.2) is 14.4 Å². The summed E-state index contributed by atoms with van der Waals surface area (Å²) in [4.78, 5) is 13.9. The summed E-state index contributed by atoms with van der Waals surface area (Å²) in [5, 5.41) is 4.63. The minimum Gasteiger partial charge on any atom is -0.493 e. The largest absolute Gasteiger partial charge is 0.493 e. The Labute approximate surface area is 263 Å². The minimum atomic E-state index is -0.302. The molecule has 3 heterocycles. The van der Waals surface area contributed by atoms with Crippen LogP contribution in [-0.4, -0.2) is 72.8 Å². The van der Waals surface area contributed by atoms with Crippen LogP contribution < -0.4 is 19.5 Å². The first-order valence-electron chi connectivity index (χ1n) is 15.3. The number of fused-ring (bicyclic) bond motifs is 1. The molecule has 0 spiro atoms. The molecule has 0 atom stereocenters. The van der Waals surface area contributed by atoms with Gasteiger partial charge in [-0.05, 0) is 94.7 Å².